The highest BCUT2D eigenvalue weighted by Crippen LogP contribution is 2.33. The van der Waals surface area contributed by atoms with Crippen LogP contribution in [0, 0.1) is 12.3 Å². The number of hydrogen-bond acceptors (Lipinski definition) is 2. The first-order valence-corrected chi connectivity index (χ1v) is 3.91. The van der Waals surface area contributed by atoms with E-state index in [0.717, 1.165) is 12.0 Å². The highest BCUT2D eigenvalue weighted by Gasteiger charge is 2.35. The summed E-state index contributed by atoms with van der Waals surface area (Å²) in [5.41, 5.74) is 0.613. The maximum Gasteiger partial charge on any atom is 0.167 e. The lowest BCUT2D eigenvalue weighted by atomic mass is 10.0. The molecule has 0 unspecified atom stereocenters. The lowest BCUT2D eigenvalue weighted by Gasteiger charge is -2.14. The van der Waals surface area contributed by atoms with Gasteiger partial charge in [-0.1, -0.05) is 12.0 Å². The van der Waals surface area contributed by atoms with Crippen molar-refractivity contribution in [1.29, 1.82) is 0 Å². The molecule has 2 rings (SSSR count). The topological polar surface area (TPSA) is 33.1 Å². The lowest BCUT2D eigenvalue weighted by molar-refractivity contribution is 0.0984. The number of hydrogen-bond donors (Lipinski definition) is 1. The third-order valence-corrected chi connectivity index (χ3v) is 2.28. The van der Waals surface area contributed by atoms with E-state index in [1.807, 2.05) is 12.1 Å². The summed E-state index contributed by atoms with van der Waals surface area (Å²) in [6, 6.07) is 3.82. The maximum atomic E-state index is 9.85. The molecular weight excluding hydrogens is 182 g/mol. The molecule has 0 fully saturated rings. The van der Waals surface area contributed by atoms with Crippen molar-refractivity contribution in [3.8, 4) is 12.3 Å². The van der Waals surface area contributed by atoms with E-state index in [2.05, 4.69) is 10.9 Å². The fourth-order valence-electron chi connectivity index (χ4n) is 1.59. The summed E-state index contributed by atoms with van der Waals surface area (Å²) >= 11 is 0. The maximum absolute atomic E-state index is 9.85. The third kappa shape index (κ3) is 1.43. The minimum atomic E-state index is -1.11. The van der Waals surface area contributed by atoms with Crippen LogP contribution in [0.15, 0.2) is 18.3 Å². The van der Waals surface area contributed by atoms with E-state index in [1.54, 1.807) is 6.20 Å². The van der Waals surface area contributed by atoms with Crippen LogP contribution < -0.4 is 0 Å². The summed E-state index contributed by atoms with van der Waals surface area (Å²) < 4.78 is 0. The fraction of sp³-hybridized carbons (Fsp3) is 0.300. The van der Waals surface area contributed by atoms with Crippen LogP contribution in [0.1, 0.15) is 17.7 Å². The van der Waals surface area contributed by atoms with Crippen molar-refractivity contribution >= 4 is 13.5 Å². The summed E-state index contributed by atoms with van der Waals surface area (Å²) in [5, 5.41) is 9.85. The molecule has 1 N–H and O–H groups in total. The van der Waals surface area contributed by atoms with Gasteiger partial charge >= 0.3 is 0 Å². The molecule has 0 saturated heterocycles. The van der Waals surface area contributed by atoms with Gasteiger partial charge in [0.05, 0.1) is 5.69 Å². The predicted molar refractivity (Wildman–Crippen MR) is 55.7 cm³/mol. The monoisotopic (exact) mass is 193 g/mol. The normalized spacial score (nSPS) is 24.3. The van der Waals surface area contributed by atoms with Crippen LogP contribution in [0.5, 0.6) is 0 Å². The summed E-state index contributed by atoms with van der Waals surface area (Å²) in [6.45, 7) is 0. The zero-order valence-electron chi connectivity index (χ0n) is 7.12. The Hall–Kier alpha value is -0.980. The SMILES string of the molecule is C#C[C@@]1(O)CCc2cccnc21.S. The Morgan fingerprint density at radius 3 is 3.08 bits per heavy atom. The van der Waals surface area contributed by atoms with E-state index >= 15 is 0 Å². The Balaban J connectivity index is 0.000000845. The second kappa shape index (κ2) is 3.41. The Bertz CT molecular complexity index is 358. The van der Waals surface area contributed by atoms with Crippen LogP contribution in [0.4, 0.5) is 0 Å². The Morgan fingerprint density at radius 2 is 2.38 bits per heavy atom. The molecule has 0 radical (unpaired) electrons. The van der Waals surface area contributed by atoms with Crippen molar-refractivity contribution in [1.82, 2.24) is 4.98 Å². The number of pyridine rings is 1. The Labute approximate surface area is 84.5 Å². The second-order valence-corrected chi connectivity index (χ2v) is 3.02. The van der Waals surface area contributed by atoms with E-state index in [9.17, 15) is 5.11 Å². The van der Waals surface area contributed by atoms with Crippen molar-refractivity contribution in [2.75, 3.05) is 0 Å². The Kier molecular flexibility index (Phi) is 2.65. The van der Waals surface area contributed by atoms with Gasteiger partial charge in [0.2, 0.25) is 0 Å². The number of rotatable bonds is 0. The van der Waals surface area contributed by atoms with Crippen LogP contribution >= 0.6 is 13.5 Å². The molecule has 0 bridgehead atoms. The van der Waals surface area contributed by atoms with Gasteiger partial charge in [-0.25, -0.2) is 0 Å². The molecule has 3 heteroatoms. The van der Waals surface area contributed by atoms with E-state index < -0.39 is 5.60 Å². The van der Waals surface area contributed by atoms with Crippen molar-refractivity contribution in [3.05, 3.63) is 29.6 Å². The Morgan fingerprint density at radius 1 is 1.62 bits per heavy atom. The first-order chi connectivity index (χ1) is 5.76. The van der Waals surface area contributed by atoms with Crippen molar-refractivity contribution in [2.24, 2.45) is 0 Å². The number of fused-ring (bicyclic) bond motifs is 1. The molecule has 1 aliphatic rings. The molecule has 2 nitrogen and oxygen atoms in total. The second-order valence-electron chi connectivity index (χ2n) is 3.02. The van der Waals surface area contributed by atoms with Gasteiger partial charge in [-0.15, -0.1) is 6.42 Å². The molecule has 1 aromatic rings. The number of aromatic nitrogens is 1. The van der Waals surface area contributed by atoms with Gasteiger partial charge in [0.25, 0.3) is 0 Å². The van der Waals surface area contributed by atoms with Crippen molar-refractivity contribution < 1.29 is 5.11 Å². The molecule has 1 atom stereocenters. The average molecular weight is 193 g/mol. The molecule has 1 heterocycles. The van der Waals surface area contributed by atoms with Crippen LogP contribution in [-0.2, 0) is 12.0 Å². The molecule has 0 saturated carbocycles. The predicted octanol–water partition coefficient (Wildman–Crippen LogP) is 0.961. The summed E-state index contributed by atoms with van der Waals surface area (Å²) in [4.78, 5) is 4.09. The zero-order chi connectivity index (χ0) is 8.60. The third-order valence-electron chi connectivity index (χ3n) is 2.28. The molecule has 1 aromatic heterocycles. The summed E-state index contributed by atoms with van der Waals surface area (Å²) in [7, 11) is 0. The molecule has 0 amide bonds. The van der Waals surface area contributed by atoms with Crippen LogP contribution in [0.3, 0.4) is 0 Å². The van der Waals surface area contributed by atoms with Gasteiger partial charge in [-0.05, 0) is 24.5 Å². The molecule has 1 aliphatic carbocycles. The van der Waals surface area contributed by atoms with Crippen molar-refractivity contribution in [2.45, 2.75) is 18.4 Å². The van der Waals surface area contributed by atoms with Gasteiger partial charge in [0.1, 0.15) is 0 Å². The number of terminal acetylenes is 1. The van der Waals surface area contributed by atoms with E-state index in [0.29, 0.717) is 12.1 Å². The van der Waals surface area contributed by atoms with Crippen LogP contribution in [0.25, 0.3) is 0 Å². The van der Waals surface area contributed by atoms with Gasteiger partial charge in [0.15, 0.2) is 5.60 Å². The zero-order valence-corrected chi connectivity index (χ0v) is 8.12. The smallest absolute Gasteiger partial charge is 0.167 e. The average Bonchev–Trinajstić information content (AvgIpc) is 2.46. The first-order valence-electron chi connectivity index (χ1n) is 3.91. The highest BCUT2D eigenvalue weighted by molar-refractivity contribution is 7.59. The summed E-state index contributed by atoms with van der Waals surface area (Å²) in [5.74, 6) is 2.39. The van der Waals surface area contributed by atoms with Gasteiger partial charge < -0.3 is 5.11 Å². The number of aliphatic hydroxyl groups is 1. The van der Waals surface area contributed by atoms with Crippen LogP contribution in [0.2, 0.25) is 0 Å². The van der Waals surface area contributed by atoms with E-state index in [1.165, 1.54) is 0 Å². The molecule has 13 heavy (non-hydrogen) atoms. The number of aryl methyl sites for hydroxylation is 1. The van der Waals surface area contributed by atoms with Gasteiger partial charge in [-0.2, -0.15) is 13.5 Å². The standard InChI is InChI=1S/C10H9NO.H2S/c1-2-10(12)6-5-8-4-3-7-11-9(8)10;/h1,3-4,7,12H,5-6H2;1H2/t10-;/m1./s1. The van der Waals surface area contributed by atoms with Crippen LogP contribution in [-0.4, -0.2) is 10.1 Å². The molecule has 0 spiro atoms. The summed E-state index contributed by atoms with van der Waals surface area (Å²) in [6.07, 6.45) is 8.32. The van der Waals surface area contributed by atoms with E-state index in [4.69, 9.17) is 6.42 Å². The minimum absolute atomic E-state index is 0. The molecular formula is C10H11NOS. The fourth-order valence-corrected chi connectivity index (χ4v) is 1.59. The quantitative estimate of drug-likeness (QED) is 0.623. The molecule has 0 aliphatic heterocycles. The number of nitrogens with zero attached hydrogens (tertiary/aromatic N) is 1. The van der Waals surface area contributed by atoms with Gasteiger partial charge in [-0.3, -0.25) is 4.98 Å². The highest BCUT2D eigenvalue weighted by atomic mass is 32.1. The van der Waals surface area contributed by atoms with Crippen molar-refractivity contribution in [3.63, 3.8) is 0 Å². The minimum Gasteiger partial charge on any atom is -0.372 e. The van der Waals surface area contributed by atoms with Gasteiger partial charge in [0, 0.05) is 6.20 Å². The first kappa shape index (κ1) is 10.1. The largest absolute Gasteiger partial charge is 0.372 e. The van der Waals surface area contributed by atoms with E-state index in [-0.39, 0.29) is 13.5 Å². The molecule has 0 aromatic carbocycles. The molecule has 68 valence electrons. The lowest BCUT2D eigenvalue weighted by Crippen LogP contribution is -2.20.